The van der Waals surface area contributed by atoms with Gasteiger partial charge in [-0.15, -0.1) is 5.10 Å². The van der Waals surface area contributed by atoms with Gasteiger partial charge < -0.3 is 25.0 Å². The molecule has 1 aliphatic heterocycles. The van der Waals surface area contributed by atoms with Crippen molar-refractivity contribution < 1.29 is 19.1 Å². The van der Waals surface area contributed by atoms with Crippen LogP contribution in [0.5, 0.6) is 11.5 Å². The zero-order valence-corrected chi connectivity index (χ0v) is 22.6. The van der Waals surface area contributed by atoms with Crippen LogP contribution in [0.4, 0.5) is 5.69 Å². The fraction of sp³-hybridized carbons (Fsp3) is 0.333. The Hall–Kier alpha value is -3.79. The topological polar surface area (TPSA) is 105 Å². The number of ether oxygens (including phenoxy) is 2. The summed E-state index contributed by atoms with van der Waals surface area (Å²) in [6.07, 6.45) is 4.49. The molecule has 0 bridgehead atoms. The Balaban J connectivity index is 1.54. The molecule has 0 aromatic heterocycles. The maximum atomic E-state index is 12.7. The molecule has 0 radical (unpaired) electrons. The van der Waals surface area contributed by atoms with Crippen molar-refractivity contribution in [3.8, 4) is 11.5 Å². The molecule has 9 nitrogen and oxygen atoms in total. The standard InChI is InChI=1S/C27H33N5O4S/c1-18(6-7-19-8-11-21(12-9-19)32(2)3)30-31-27-29-25(33)17-24(37-27)26(34)28-15-14-20-10-13-22(35-4)23(16-20)36-5/h6-13,16,24H,14-15,17H2,1-5H3,(H,28,34)(H,29,31,33)/b7-6+,30-18+/t24-/m1/s1. The SMILES string of the molecule is COc1ccc(CCNC(=O)[C@H]2CC(=O)N\C(=N/N=C(C)/C=C/c3ccc(N(C)C)cc3)S2)cc1OC. The maximum Gasteiger partial charge on any atom is 0.234 e. The van der Waals surface area contributed by atoms with Crippen LogP contribution < -0.4 is 25.0 Å². The van der Waals surface area contributed by atoms with Gasteiger partial charge in [0, 0.05) is 32.7 Å². The second-order valence-electron chi connectivity index (χ2n) is 8.55. The Labute approximate surface area is 222 Å². The second-order valence-corrected chi connectivity index (χ2v) is 9.75. The van der Waals surface area contributed by atoms with Crippen LogP contribution in [0, 0.1) is 0 Å². The van der Waals surface area contributed by atoms with E-state index >= 15 is 0 Å². The first-order valence-corrected chi connectivity index (χ1v) is 12.7. The highest BCUT2D eigenvalue weighted by Crippen LogP contribution is 2.27. The summed E-state index contributed by atoms with van der Waals surface area (Å²) < 4.78 is 10.6. The van der Waals surface area contributed by atoms with Crippen LogP contribution in [0.15, 0.2) is 58.7 Å². The second kappa shape index (κ2) is 13.5. The van der Waals surface area contributed by atoms with Crippen LogP contribution >= 0.6 is 11.8 Å². The molecule has 2 aromatic carbocycles. The van der Waals surface area contributed by atoms with Crippen molar-refractivity contribution >= 4 is 46.2 Å². The molecule has 1 fully saturated rings. The van der Waals surface area contributed by atoms with E-state index in [0.29, 0.717) is 35.3 Å². The van der Waals surface area contributed by atoms with Gasteiger partial charge in [-0.25, -0.2) is 0 Å². The number of methoxy groups -OCH3 is 2. The maximum absolute atomic E-state index is 12.7. The van der Waals surface area contributed by atoms with Gasteiger partial charge in [-0.2, -0.15) is 5.10 Å². The Bertz CT molecular complexity index is 1190. The van der Waals surface area contributed by atoms with Gasteiger partial charge in [-0.3, -0.25) is 9.59 Å². The van der Waals surface area contributed by atoms with Crippen molar-refractivity contribution in [3.05, 3.63) is 59.7 Å². The summed E-state index contributed by atoms with van der Waals surface area (Å²) in [6.45, 7) is 2.25. The summed E-state index contributed by atoms with van der Waals surface area (Å²) in [5.74, 6) is 0.815. The fourth-order valence-corrected chi connectivity index (χ4v) is 4.43. The van der Waals surface area contributed by atoms with Crippen molar-refractivity contribution in [2.75, 3.05) is 39.8 Å². The zero-order chi connectivity index (χ0) is 26.8. The van der Waals surface area contributed by atoms with Crippen LogP contribution in [0.25, 0.3) is 6.08 Å². The summed E-state index contributed by atoms with van der Waals surface area (Å²) in [5.41, 5.74) is 3.83. The molecule has 10 heteroatoms. The number of nitrogens with zero attached hydrogens (tertiary/aromatic N) is 3. The molecule has 2 N–H and O–H groups in total. The number of carbonyl (C=O) groups excluding carboxylic acids is 2. The molecule has 1 atom stereocenters. The molecular formula is C27H33N5O4S. The van der Waals surface area contributed by atoms with Gasteiger partial charge in [-0.05, 0) is 54.8 Å². The van der Waals surface area contributed by atoms with E-state index in [0.717, 1.165) is 16.8 Å². The minimum atomic E-state index is -0.570. The Morgan fingerprint density at radius 1 is 1.16 bits per heavy atom. The number of allylic oxidation sites excluding steroid dienone is 1. The molecule has 1 heterocycles. The number of amidine groups is 1. The van der Waals surface area contributed by atoms with Gasteiger partial charge in [0.1, 0.15) is 0 Å². The summed E-state index contributed by atoms with van der Waals surface area (Å²) in [7, 11) is 7.16. The first-order valence-electron chi connectivity index (χ1n) is 11.8. The number of thioether (sulfide) groups is 1. The van der Waals surface area contributed by atoms with Gasteiger partial charge in [0.05, 0.1) is 25.2 Å². The average Bonchev–Trinajstić information content (AvgIpc) is 2.90. The van der Waals surface area contributed by atoms with E-state index in [-0.39, 0.29) is 18.2 Å². The predicted octanol–water partition coefficient (Wildman–Crippen LogP) is 3.50. The molecule has 0 saturated carbocycles. The van der Waals surface area contributed by atoms with Crippen molar-refractivity contribution in [1.29, 1.82) is 0 Å². The lowest BCUT2D eigenvalue weighted by atomic mass is 10.1. The number of anilines is 1. The number of carbonyl (C=O) groups is 2. The molecule has 196 valence electrons. The first kappa shape index (κ1) is 27.8. The molecule has 2 amide bonds. The lowest BCUT2D eigenvalue weighted by Gasteiger charge is -2.21. The lowest BCUT2D eigenvalue weighted by molar-refractivity contribution is -0.125. The van der Waals surface area contributed by atoms with E-state index in [1.54, 1.807) is 14.2 Å². The molecule has 1 aliphatic rings. The van der Waals surface area contributed by atoms with Crippen LogP contribution in [-0.2, 0) is 16.0 Å². The van der Waals surface area contributed by atoms with Gasteiger partial charge in [-0.1, -0.05) is 36.0 Å². The minimum Gasteiger partial charge on any atom is -0.493 e. The monoisotopic (exact) mass is 523 g/mol. The predicted molar refractivity (Wildman–Crippen MR) is 151 cm³/mol. The Morgan fingerprint density at radius 3 is 2.57 bits per heavy atom. The van der Waals surface area contributed by atoms with Crippen molar-refractivity contribution in [2.45, 2.75) is 25.0 Å². The number of hydrogen-bond donors (Lipinski definition) is 2. The van der Waals surface area contributed by atoms with E-state index < -0.39 is 5.25 Å². The van der Waals surface area contributed by atoms with E-state index in [2.05, 4.69) is 20.8 Å². The Kier molecular flexibility index (Phi) is 10.1. The molecule has 37 heavy (non-hydrogen) atoms. The van der Waals surface area contributed by atoms with E-state index in [1.807, 2.05) is 80.5 Å². The smallest absolute Gasteiger partial charge is 0.234 e. The Morgan fingerprint density at radius 2 is 1.89 bits per heavy atom. The molecular weight excluding hydrogens is 490 g/mol. The van der Waals surface area contributed by atoms with Gasteiger partial charge in [0.2, 0.25) is 11.8 Å². The lowest BCUT2D eigenvalue weighted by Crippen LogP contribution is -2.44. The fourth-order valence-electron chi connectivity index (χ4n) is 3.48. The third kappa shape index (κ3) is 8.38. The average molecular weight is 524 g/mol. The molecule has 3 rings (SSSR count). The van der Waals surface area contributed by atoms with Crippen LogP contribution in [-0.4, -0.2) is 62.8 Å². The van der Waals surface area contributed by atoms with E-state index in [4.69, 9.17) is 9.47 Å². The van der Waals surface area contributed by atoms with E-state index in [9.17, 15) is 9.59 Å². The number of hydrogen-bond acceptors (Lipinski definition) is 8. The quantitative estimate of drug-likeness (QED) is 0.365. The molecule has 1 saturated heterocycles. The molecule has 0 unspecified atom stereocenters. The number of amides is 2. The van der Waals surface area contributed by atoms with Gasteiger partial charge in [0.25, 0.3) is 0 Å². The number of rotatable bonds is 10. The first-order chi connectivity index (χ1) is 17.8. The highest BCUT2D eigenvalue weighted by Gasteiger charge is 2.30. The van der Waals surface area contributed by atoms with E-state index in [1.165, 1.54) is 11.8 Å². The molecule has 0 spiro atoms. The zero-order valence-electron chi connectivity index (χ0n) is 21.8. The third-order valence-corrected chi connectivity index (χ3v) is 6.62. The molecule has 2 aromatic rings. The van der Waals surface area contributed by atoms with Crippen LogP contribution in [0.3, 0.4) is 0 Å². The van der Waals surface area contributed by atoms with Gasteiger partial charge >= 0.3 is 0 Å². The highest BCUT2D eigenvalue weighted by atomic mass is 32.2. The largest absolute Gasteiger partial charge is 0.493 e. The van der Waals surface area contributed by atoms with Crippen molar-refractivity contribution in [2.24, 2.45) is 10.2 Å². The van der Waals surface area contributed by atoms with Crippen molar-refractivity contribution in [3.63, 3.8) is 0 Å². The minimum absolute atomic E-state index is 0.0808. The number of nitrogens with one attached hydrogen (secondary N) is 2. The summed E-state index contributed by atoms with van der Waals surface area (Å²) >= 11 is 1.19. The summed E-state index contributed by atoms with van der Waals surface area (Å²) in [6, 6.07) is 13.8. The van der Waals surface area contributed by atoms with Crippen LogP contribution in [0.2, 0.25) is 0 Å². The van der Waals surface area contributed by atoms with Crippen molar-refractivity contribution in [1.82, 2.24) is 10.6 Å². The summed E-state index contributed by atoms with van der Waals surface area (Å²) in [5, 5.41) is 13.7. The highest BCUT2D eigenvalue weighted by molar-refractivity contribution is 8.15. The third-order valence-electron chi connectivity index (χ3n) is 5.55. The molecule has 0 aliphatic carbocycles. The van der Waals surface area contributed by atoms with Crippen LogP contribution in [0.1, 0.15) is 24.5 Å². The summed E-state index contributed by atoms with van der Waals surface area (Å²) in [4.78, 5) is 26.9. The normalized spacial score (nSPS) is 17.0. The van der Waals surface area contributed by atoms with Gasteiger partial charge in [0.15, 0.2) is 16.7 Å². The number of benzene rings is 2.